The van der Waals surface area contributed by atoms with Crippen LogP contribution in [0, 0.1) is 11.6 Å². The highest BCUT2D eigenvalue weighted by Crippen LogP contribution is 2.17. The van der Waals surface area contributed by atoms with E-state index in [1.807, 2.05) is 7.05 Å². The van der Waals surface area contributed by atoms with Crippen LogP contribution in [0.3, 0.4) is 0 Å². The first-order valence-electron chi connectivity index (χ1n) is 6.26. The van der Waals surface area contributed by atoms with Crippen molar-refractivity contribution in [1.29, 1.82) is 0 Å². The molecule has 18 heavy (non-hydrogen) atoms. The second-order valence-corrected chi connectivity index (χ2v) is 4.57. The van der Waals surface area contributed by atoms with Gasteiger partial charge in [0.2, 0.25) is 0 Å². The third-order valence-electron chi connectivity index (χ3n) is 3.34. The lowest BCUT2D eigenvalue weighted by molar-refractivity contribution is 0.219. The fourth-order valence-electron chi connectivity index (χ4n) is 2.24. The van der Waals surface area contributed by atoms with Crippen LogP contribution in [-0.2, 0) is 0 Å². The predicted molar refractivity (Wildman–Crippen MR) is 67.5 cm³/mol. The molecule has 5 heteroatoms. The van der Waals surface area contributed by atoms with Crippen LogP contribution >= 0.6 is 0 Å². The lowest BCUT2D eigenvalue weighted by Gasteiger charge is -2.31. The van der Waals surface area contributed by atoms with E-state index in [9.17, 15) is 8.78 Å². The summed E-state index contributed by atoms with van der Waals surface area (Å²) >= 11 is 0. The van der Waals surface area contributed by atoms with Crippen molar-refractivity contribution >= 4 is 0 Å². The van der Waals surface area contributed by atoms with Crippen LogP contribution in [0.2, 0.25) is 0 Å². The standard InChI is InChI=1S/C13H19F2N3/c1-16-13(9-18-6-4-17-5-7-18)10-2-3-11(14)12(15)8-10/h2-3,8,13,16-17H,4-7,9H2,1H3. The van der Waals surface area contributed by atoms with Crippen molar-refractivity contribution in [2.24, 2.45) is 0 Å². The minimum absolute atomic E-state index is 0.0261. The lowest BCUT2D eigenvalue weighted by Crippen LogP contribution is -2.46. The van der Waals surface area contributed by atoms with E-state index in [-0.39, 0.29) is 6.04 Å². The molecule has 1 fully saturated rings. The number of nitrogens with one attached hydrogen (secondary N) is 2. The molecule has 0 spiro atoms. The Kier molecular flexibility index (Phi) is 4.63. The van der Waals surface area contributed by atoms with Crippen LogP contribution in [-0.4, -0.2) is 44.7 Å². The van der Waals surface area contributed by atoms with Gasteiger partial charge in [-0.05, 0) is 24.7 Å². The maximum Gasteiger partial charge on any atom is 0.159 e. The van der Waals surface area contributed by atoms with E-state index in [0.29, 0.717) is 0 Å². The van der Waals surface area contributed by atoms with Crippen molar-refractivity contribution in [1.82, 2.24) is 15.5 Å². The van der Waals surface area contributed by atoms with Crippen LogP contribution in [0.25, 0.3) is 0 Å². The maximum absolute atomic E-state index is 13.2. The van der Waals surface area contributed by atoms with Gasteiger partial charge in [0.1, 0.15) is 0 Å². The highest BCUT2D eigenvalue weighted by Gasteiger charge is 2.17. The first kappa shape index (κ1) is 13.4. The second kappa shape index (κ2) is 6.22. The van der Waals surface area contributed by atoms with E-state index < -0.39 is 11.6 Å². The van der Waals surface area contributed by atoms with Gasteiger partial charge in [-0.1, -0.05) is 6.07 Å². The molecule has 1 aromatic carbocycles. The number of hydrogen-bond acceptors (Lipinski definition) is 3. The Morgan fingerprint density at radius 1 is 1.28 bits per heavy atom. The van der Waals surface area contributed by atoms with Crippen molar-refractivity contribution in [3.05, 3.63) is 35.4 Å². The van der Waals surface area contributed by atoms with Crippen molar-refractivity contribution in [3.63, 3.8) is 0 Å². The largest absolute Gasteiger partial charge is 0.314 e. The SMILES string of the molecule is CNC(CN1CCNCC1)c1ccc(F)c(F)c1. The molecular formula is C13H19F2N3. The summed E-state index contributed by atoms with van der Waals surface area (Å²) in [6, 6.07) is 4.13. The van der Waals surface area contributed by atoms with E-state index in [4.69, 9.17) is 0 Å². The molecule has 2 rings (SSSR count). The van der Waals surface area contributed by atoms with Crippen molar-refractivity contribution in [3.8, 4) is 0 Å². The Balaban J connectivity index is 2.04. The van der Waals surface area contributed by atoms with E-state index >= 15 is 0 Å². The summed E-state index contributed by atoms with van der Waals surface area (Å²) in [5.41, 5.74) is 0.787. The zero-order valence-electron chi connectivity index (χ0n) is 10.5. The zero-order chi connectivity index (χ0) is 13.0. The molecule has 0 bridgehead atoms. The van der Waals surface area contributed by atoms with Gasteiger partial charge in [-0.3, -0.25) is 4.90 Å². The van der Waals surface area contributed by atoms with Gasteiger partial charge in [0, 0.05) is 38.8 Å². The van der Waals surface area contributed by atoms with Gasteiger partial charge in [-0.15, -0.1) is 0 Å². The van der Waals surface area contributed by atoms with E-state index in [2.05, 4.69) is 15.5 Å². The van der Waals surface area contributed by atoms with Crippen LogP contribution in [0.15, 0.2) is 18.2 Å². The summed E-state index contributed by atoms with van der Waals surface area (Å²) in [5, 5.41) is 6.45. The zero-order valence-corrected chi connectivity index (χ0v) is 10.5. The highest BCUT2D eigenvalue weighted by atomic mass is 19.2. The fourth-order valence-corrected chi connectivity index (χ4v) is 2.24. The van der Waals surface area contributed by atoms with Crippen LogP contribution in [0.4, 0.5) is 8.78 Å². The van der Waals surface area contributed by atoms with Crippen LogP contribution < -0.4 is 10.6 Å². The molecule has 2 N–H and O–H groups in total. The average Bonchev–Trinajstić information content (AvgIpc) is 2.40. The average molecular weight is 255 g/mol. The summed E-state index contributed by atoms with van der Waals surface area (Å²) in [7, 11) is 1.84. The Labute approximate surface area is 106 Å². The summed E-state index contributed by atoms with van der Waals surface area (Å²) < 4.78 is 26.1. The molecule has 1 aliphatic heterocycles. The van der Waals surface area contributed by atoms with Gasteiger partial charge in [0.15, 0.2) is 11.6 Å². The Hall–Kier alpha value is -1.04. The fraction of sp³-hybridized carbons (Fsp3) is 0.538. The smallest absolute Gasteiger partial charge is 0.159 e. The number of piperazine rings is 1. The first-order valence-corrected chi connectivity index (χ1v) is 6.26. The van der Waals surface area contributed by atoms with E-state index in [0.717, 1.165) is 38.3 Å². The summed E-state index contributed by atoms with van der Waals surface area (Å²) in [5.74, 6) is -1.58. The number of likely N-dealkylation sites (N-methyl/N-ethyl adjacent to an activating group) is 1. The third-order valence-corrected chi connectivity index (χ3v) is 3.34. The maximum atomic E-state index is 13.2. The summed E-state index contributed by atoms with van der Waals surface area (Å²) in [4.78, 5) is 2.32. The molecule has 1 atom stereocenters. The first-order chi connectivity index (χ1) is 8.70. The minimum atomic E-state index is -0.796. The number of hydrogen-bond donors (Lipinski definition) is 2. The van der Waals surface area contributed by atoms with E-state index in [1.54, 1.807) is 6.07 Å². The quantitative estimate of drug-likeness (QED) is 0.844. The number of nitrogens with zero attached hydrogens (tertiary/aromatic N) is 1. The normalized spacial score (nSPS) is 18.8. The molecule has 0 amide bonds. The number of benzene rings is 1. The molecule has 1 heterocycles. The Bertz CT molecular complexity index is 392. The topological polar surface area (TPSA) is 27.3 Å². The molecule has 1 aliphatic rings. The van der Waals surface area contributed by atoms with Crippen LogP contribution in [0.5, 0.6) is 0 Å². The molecule has 0 aromatic heterocycles. The van der Waals surface area contributed by atoms with Crippen molar-refractivity contribution in [2.45, 2.75) is 6.04 Å². The van der Waals surface area contributed by atoms with Crippen molar-refractivity contribution in [2.75, 3.05) is 39.8 Å². The molecule has 1 saturated heterocycles. The van der Waals surface area contributed by atoms with Gasteiger partial charge >= 0.3 is 0 Å². The second-order valence-electron chi connectivity index (χ2n) is 4.57. The number of halogens is 2. The highest BCUT2D eigenvalue weighted by molar-refractivity contribution is 5.21. The number of rotatable bonds is 4. The van der Waals surface area contributed by atoms with Gasteiger partial charge in [0.25, 0.3) is 0 Å². The Morgan fingerprint density at radius 2 is 2.00 bits per heavy atom. The molecule has 100 valence electrons. The van der Waals surface area contributed by atoms with Crippen molar-refractivity contribution < 1.29 is 8.78 Å². The minimum Gasteiger partial charge on any atom is -0.314 e. The molecule has 0 saturated carbocycles. The van der Waals surface area contributed by atoms with Gasteiger partial charge in [0.05, 0.1) is 0 Å². The third kappa shape index (κ3) is 3.25. The van der Waals surface area contributed by atoms with Gasteiger partial charge in [-0.2, -0.15) is 0 Å². The van der Waals surface area contributed by atoms with E-state index in [1.165, 1.54) is 12.1 Å². The summed E-state index contributed by atoms with van der Waals surface area (Å²) in [6.07, 6.45) is 0. The van der Waals surface area contributed by atoms with Crippen LogP contribution in [0.1, 0.15) is 11.6 Å². The van der Waals surface area contributed by atoms with Gasteiger partial charge in [-0.25, -0.2) is 8.78 Å². The molecule has 0 aliphatic carbocycles. The monoisotopic (exact) mass is 255 g/mol. The van der Waals surface area contributed by atoms with Gasteiger partial charge < -0.3 is 10.6 Å². The molecule has 0 radical (unpaired) electrons. The molecule has 1 unspecified atom stereocenters. The predicted octanol–water partition coefficient (Wildman–Crippen LogP) is 1.13. The lowest BCUT2D eigenvalue weighted by atomic mass is 10.1. The Morgan fingerprint density at radius 3 is 2.61 bits per heavy atom. The molecular weight excluding hydrogens is 236 g/mol. The summed E-state index contributed by atoms with van der Waals surface area (Å²) in [6.45, 7) is 4.75. The molecule has 3 nitrogen and oxygen atoms in total. The molecule has 1 aromatic rings.